The lowest BCUT2D eigenvalue weighted by atomic mass is 9.79. The Bertz CT molecular complexity index is 723. The Kier molecular flexibility index (Phi) is 4.93. The lowest BCUT2D eigenvalue weighted by molar-refractivity contribution is -0.121. The number of amides is 1. The zero-order valence-corrected chi connectivity index (χ0v) is 16.1. The van der Waals surface area contributed by atoms with E-state index < -0.39 is 0 Å². The molecule has 5 nitrogen and oxygen atoms in total. The molecule has 6 heteroatoms. The van der Waals surface area contributed by atoms with Crippen molar-refractivity contribution in [2.45, 2.75) is 64.1 Å². The molecule has 0 saturated carbocycles. The molecule has 1 saturated heterocycles. The topological polar surface area (TPSA) is 66.9 Å². The van der Waals surface area contributed by atoms with Gasteiger partial charge < -0.3 is 10.6 Å². The van der Waals surface area contributed by atoms with Crippen molar-refractivity contribution in [3.8, 4) is 10.7 Å². The van der Waals surface area contributed by atoms with E-state index in [1.54, 1.807) is 6.20 Å². The largest absolute Gasteiger partial charge is 0.353 e. The van der Waals surface area contributed by atoms with Gasteiger partial charge in [-0.1, -0.05) is 6.07 Å². The van der Waals surface area contributed by atoms with Gasteiger partial charge in [-0.05, 0) is 52.7 Å². The van der Waals surface area contributed by atoms with Crippen LogP contribution in [0.4, 0.5) is 0 Å². The first-order chi connectivity index (χ1) is 11.7. The maximum atomic E-state index is 12.5. The summed E-state index contributed by atoms with van der Waals surface area (Å²) in [7, 11) is 0. The second-order valence-corrected chi connectivity index (χ2v) is 8.96. The van der Waals surface area contributed by atoms with Crippen LogP contribution in [0.3, 0.4) is 0 Å². The van der Waals surface area contributed by atoms with Crippen LogP contribution < -0.4 is 10.6 Å². The van der Waals surface area contributed by atoms with Gasteiger partial charge in [0.2, 0.25) is 5.91 Å². The van der Waals surface area contributed by atoms with E-state index in [-0.39, 0.29) is 23.0 Å². The number of piperidine rings is 1. The monoisotopic (exact) mass is 358 g/mol. The maximum Gasteiger partial charge on any atom is 0.226 e. The fourth-order valence-electron chi connectivity index (χ4n) is 3.86. The lowest BCUT2D eigenvalue weighted by Crippen LogP contribution is -2.62. The van der Waals surface area contributed by atoms with Crippen LogP contribution in [-0.2, 0) is 11.2 Å². The number of carbonyl (C=O) groups excluding carboxylic acids is 1. The summed E-state index contributed by atoms with van der Waals surface area (Å²) in [6, 6.07) is 5.94. The van der Waals surface area contributed by atoms with Crippen molar-refractivity contribution in [2.75, 3.05) is 0 Å². The van der Waals surface area contributed by atoms with Gasteiger partial charge in [0.05, 0.1) is 17.8 Å². The van der Waals surface area contributed by atoms with E-state index in [2.05, 4.69) is 48.3 Å². The van der Waals surface area contributed by atoms with Crippen molar-refractivity contribution in [3.05, 3.63) is 35.5 Å². The molecule has 0 radical (unpaired) electrons. The Balaban J connectivity index is 1.61. The molecule has 0 bridgehead atoms. The number of aromatic nitrogens is 2. The number of carbonyl (C=O) groups is 1. The SMILES string of the molecule is CC1(C)CC(NC(=O)Cc2csc(-c3ccccn3)n2)CC(C)(C)N1. The Morgan fingerprint density at radius 1 is 1.28 bits per heavy atom. The van der Waals surface area contributed by atoms with Crippen LogP contribution in [0.2, 0.25) is 0 Å². The summed E-state index contributed by atoms with van der Waals surface area (Å²) in [5.41, 5.74) is 1.69. The summed E-state index contributed by atoms with van der Waals surface area (Å²) in [6.07, 6.45) is 3.93. The molecule has 1 amide bonds. The molecular weight excluding hydrogens is 332 g/mol. The van der Waals surface area contributed by atoms with Gasteiger partial charge in [0.15, 0.2) is 0 Å². The number of nitrogens with zero attached hydrogens (tertiary/aromatic N) is 2. The molecule has 134 valence electrons. The normalized spacial score (nSPS) is 19.5. The zero-order chi connectivity index (χ0) is 18.1. The molecule has 3 heterocycles. The maximum absolute atomic E-state index is 12.5. The van der Waals surface area contributed by atoms with Gasteiger partial charge in [-0.25, -0.2) is 4.98 Å². The molecule has 1 aliphatic rings. The van der Waals surface area contributed by atoms with E-state index in [1.807, 2.05) is 23.6 Å². The van der Waals surface area contributed by atoms with E-state index in [0.29, 0.717) is 6.42 Å². The first-order valence-electron chi connectivity index (χ1n) is 8.67. The van der Waals surface area contributed by atoms with Crippen LogP contribution >= 0.6 is 11.3 Å². The van der Waals surface area contributed by atoms with Crippen LogP contribution in [0.15, 0.2) is 29.8 Å². The third-order valence-electron chi connectivity index (χ3n) is 4.33. The van der Waals surface area contributed by atoms with Gasteiger partial charge in [-0.2, -0.15) is 0 Å². The molecule has 2 aromatic rings. The summed E-state index contributed by atoms with van der Waals surface area (Å²) in [4.78, 5) is 21.3. The molecule has 0 spiro atoms. The van der Waals surface area contributed by atoms with Gasteiger partial charge in [-0.15, -0.1) is 11.3 Å². The molecule has 3 rings (SSSR count). The van der Waals surface area contributed by atoms with E-state index in [9.17, 15) is 4.79 Å². The van der Waals surface area contributed by atoms with Crippen molar-refractivity contribution in [2.24, 2.45) is 0 Å². The molecular formula is C19H26N4OS. The Labute approximate surface area is 153 Å². The standard InChI is InChI=1S/C19H26N4OS/c1-18(2)10-14(11-19(3,4)23-18)21-16(24)9-13-12-25-17(22-13)15-7-5-6-8-20-15/h5-8,12,14,23H,9-11H2,1-4H3,(H,21,24). The van der Waals surface area contributed by atoms with Gasteiger partial charge in [0.1, 0.15) is 5.01 Å². The molecule has 1 aliphatic heterocycles. The van der Waals surface area contributed by atoms with Crippen molar-refractivity contribution in [1.82, 2.24) is 20.6 Å². The Morgan fingerprint density at radius 2 is 2.00 bits per heavy atom. The molecule has 0 unspecified atom stereocenters. The Morgan fingerprint density at radius 3 is 2.64 bits per heavy atom. The summed E-state index contributed by atoms with van der Waals surface area (Å²) in [5, 5.41) is 9.63. The van der Waals surface area contributed by atoms with Crippen molar-refractivity contribution in [3.63, 3.8) is 0 Å². The average Bonchev–Trinajstić information content (AvgIpc) is 2.93. The quantitative estimate of drug-likeness (QED) is 0.881. The molecule has 0 aliphatic carbocycles. The molecule has 2 N–H and O–H groups in total. The highest BCUT2D eigenvalue weighted by atomic mass is 32.1. The highest BCUT2D eigenvalue weighted by Crippen LogP contribution is 2.28. The second kappa shape index (κ2) is 6.84. The molecule has 1 fully saturated rings. The molecule has 0 atom stereocenters. The van der Waals surface area contributed by atoms with Gasteiger partial charge in [0, 0.05) is 28.7 Å². The second-order valence-electron chi connectivity index (χ2n) is 8.10. The average molecular weight is 359 g/mol. The first kappa shape index (κ1) is 18.0. The number of thiazole rings is 1. The number of nitrogens with one attached hydrogen (secondary N) is 2. The number of pyridine rings is 1. The highest BCUT2D eigenvalue weighted by molar-refractivity contribution is 7.13. The van der Waals surface area contributed by atoms with E-state index in [1.165, 1.54) is 11.3 Å². The van der Waals surface area contributed by atoms with Gasteiger partial charge in [-0.3, -0.25) is 9.78 Å². The van der Waals surface area contributed by atoms with Crippen LogP contribution in [-0.4, -0.2) is 33.0 Å². The smallest absolute Gasteiger partial charge is 0.226 e. The molecule has 2 aromatic heterocycles. The lowest BCUT2D eigenvalue weighted by Gasteiger charge is -2.46. The summed E-state index contributed by atoms with van der Waals surface area (Å²) in [6.45, 7) is 8.75. The minimum atomic E-state index is 0.0203. The predicted molar refractivity (Wildman–Crippen MR) is 102 cm³/mol. The summed E-state index contributed by atoms with van der Waals surface area (Å²) < 4.78 is 0. The molecule has 0 aromatic carbocycles. The third kappa shape index (κ3) is 4.86. The first-order valence-corrected chi connectivity index (χ1v) is 9.55. The van der Waals surface area contributed by atoms with Crippen molar-refractivity contribution >= 4 is 17.2 Å². The van der Waals surface area contributed by atoms with Crippen LogP contribution in [0, 0.1) is 0 Å². The predicted octanol–water partition coefficient (Wildman–Crippen LogP) is 3.17. The van der Waals surface area contributed by atoms with Gasteiger partial charge >= 0.3 is 0 Å². The van der Waals surface area contributed by atoms with E-state index >= 15 is 0 Å². The number of hydrogen-bond donors (Lipinski definition) is 2. The number of hydrogen-bond acceptors (Lipinski definition) is 5. The molecule has 25 heavy (non-hydrogen) atoms. The highest BCUT2D eigenvalue weighted by Gasteiger charge is 2.38. The fraction of sp³-hybridized carbons (Fsp3) is 0.526. The number of rotatable bonds is 4. The van der Waals surface area contributed by atoms with Crippen LogP contribution in [0.25, 0.3) is 10.7 Å². The zero-order valence-electron chi connectivity index (χ0n) is 15.3. The van der Waals surface area contributed by atoms with Crippen molar-refractivity contribution < 1.29 is 4.79 Å². The Hall–Kier alpha value is -1.79. The third-order valence-corrected chi connectivity index (χ3v) is 5.25. The summed E-state index contributed by atoms with van der Waals surface area (Å²) in [5.74, 6) is 0.0383. The minimum absolute atomic E-state index is 0.0203. The minimum Gasteiger partial charge on any atom is -0.353 e. The van der Waals surface area contributed by atoms with Gasteiger partial charge in [0.25, 0.3) is 0 Å². The summed E-state index contributed by atoms with van der Waals surface area (Å²) >= 11 is 1.53. The van der Waals surface area contributed by atoms with Crippen LogP contribution in [0.5, 0.6) is 0 Å². The van der Waals surface area contributed by atoms with Crippen LogP contribution in [0.1, 0.15) is 46.2 Å². The van der Waals surface area contributed by atoms with E-state index in [0.717, 1.165) is 29.2 Å². The van der Waals surface area contributed by atoms with E-state index in [4.69, 9.17) is 0 Å². The van der Waals surface area contributed by atoms with Crippen molar-refractivity contribution in [1.29, 1.82) is 0 Å². The fourth-order valence-corrected chi connectivity index (χ4v) is 4.66.